The molecule has 2 heterocycles. The normalized spacial score (nSPS) is 10.2. The molecule has 1 N–H and O–H groups in total. The molecule has 0 aliphatic rings. The molecule has 100 valence electrons. The second-order valence-electron chi connectivity index (χ2n) is 4.08. The molecule has 0 spiro atoms. The molecule has 0 radical (unpaired) electrons. The third-order valence-corrected chi connectivity index (χ3v) is 2.72. The monoisotopic (exact) mass is 258 g/mol. The second-order valence-corrected chi connectivity index (χ2v) is 4.08. The number of hydrogen-bond donors (Lipinski definition) is 1. The summed E-state index contributed by atoms with van der Waals surface area (Å²) < 4.78 is 5.44. The van der Waals surface area contributed by atoms with Gasteiger partial charge in [-0.2, -0.15) is 0 Å². The van der Waals surface area contributed by atoms with E-state index in [-0.39, 0.29) is 0 Å². The molecule has 2 aromatic rings. The topological polar surface area (TPSA) is 59.9 Å². The summed E-state index contributed by atoms with van der Waals surface area (Å²) in [5, 5.41) is 3.29. The molecule has 0 saturated heterocycles. The van der Waals surface area contributed by atoms with Crippen molar-refractivity contribution in [1.82, 2.24) is 15.0 Å². The Morgan fingerprint density at radius 1 is 1.21 bits per heavy atom. The molecule has 0 unspecified atom stereocenters. The van der Waals surface area contributed by atoms with E-state index in [4.69, 9.17) is 4.74 Å². The molecule has 5 heteroatoms. The van der Waals surface area contributed by atoms with Crippen molar-refractivity contribution in [2.45, 2.75) is 20.3 Å². The summed E-state index contributed by atoms with van der Waals surface area (Å²) in [7, 11) is 0. The van der Waals surface area contributed by atoms with Crippen LogP contribution in [0.2, 0.25) is 0 Å². The van der Waals surface area contributed by atoms with Crippen molar-refractivity contribution in [1.29, 1.82) is 0 Å². The highest BCUT2D eigenvalue weighted by molar-refractivity contribution is 5.47. The van der Waals surface area contributed by atoms with E-state index in [1.54, 1.807) is 6.20 Å². The molecule has 19 heavy (non-hydrogen) atoms. The fourth-order valence-electron chi connectivity index (χ4n) is 1.75. The Morgan fingerprint density at radius 2 is 2.11 bits per heavy atom. The van der Waals surface area contributed by atoms with E-state index in [0.717, 1.165) is 30.0 Å². The summed E-state index contributed by atoms with van der Waals surface area (Å²) in [5.74, 6) is 1.45. The number of hydrogen-bond acceptors (Lipinski definition) is 5. The van der Waals surface area contributed by atoms with Gasteiger partial charge in [-0.25, -0.2) is 9.97 Å². The smallest absolute Gasteiger partial charge is 0.221 e. The van der Waals surface area contributed by atoms with Crippen molar-refractivity contribution in [3.63, 3.8) is 0 Å². The molecule has 0 aliphatic carbocycles. The van der Waals surface area contributed by atoms with Crippen LogP contribution in [0.4, 0.5) is 5.82 Å². The average molecular weight is 258 g/mol. The van der Waals surface area contributed by atoms with Gasteiger partial charge in [-0.15, -0.1) is 0 Å². The summed E-state index contributed by atoms with van der Waals surface area (Å²) in [6, 6.07) is 5.92. The van der Waals surface area contributed by atoms with Crippen LogP contribution in [0.25, 0.3) is 0 Å². The lowest BCUT2D eigenvalue weighted by Crippen LogP contribution is -2.10. The van der Waals surface area contributed by atoms with E-state index in [0.29, 0.717) is 12.5 Å². The first-order valence-electron chi connectivity index (χ1n) is 6.39. The predicted molar refractivity (Wildman–Crippen MR) is 74.4 cm³/mol. The molecular weight excluding hydrogens is 240 g/mol. The van der Waals surface area contributed by atoms with Gasteiger partial charge in [-0.1, -0.05) is 6.07 Å². The number of ether oxygens (including phenoxy) is 1. The Balaban J connectivity index is 1.94. The summed E-state index contributed by atoms with van der Waals surface area (Å²) in [4.78, 5) is 12.6. The first-order valence-corrected chi connectivity index (χ1v) is 6.39. The molecule has 0 atom stereocenters. The largest absolute Gasteiger partial charge is 0.478 e. The Kier molecular flexibility index (Phi) is 4.66. The number of pyridine rings is 1. The van der Waals surface area contributed by atoms with Crippen LogP contribution in [0.5, 0.6) is 5.88 Å². The molecule has 0 aliphatic heterocycles. The van der Waals surface area contributed by atoms with Gasteiger partial charge in [-0.05, 0) is 26.0 Å². The Labute approximate surface area is 113 Å². The maximum Gasteiger partial charge on any atom is 0.221 e. The van der Waals surface area contributed by atoms with Crippen molar-refractivity contribution in [2.75, 3.05) is 18.5 Å². The Morgan fingerprint density at radius 3 is 2.84 bits per heavy atom. The van der Waals surface area contributed by atoms with E-state index in [2.05, 4.69) is 20.3 Å². The van der Waals surface area contributed by atoms with Gasteiger partial charge in [0, 0.05) is 24.9 Å². The van der Waals surface area contributed by atoms with Crippen LogP contribution in [-0.4, -0.2) is 28.1 Å². The lowest BCUT2D eigenvalue weighted by atomic mass is 10.2. The minimum absolute atomic E-state index is 0.602. The van der Waals surface area contributed by atoms with Gasteiger partial charge in [-0.3, -0.25) is 4.98 Å². The number of nitrogens with zero attached hydrogens (tertiary/aromatic N) is 3. The van der Waals surface area contributed by atoms with Crippen molar-refractivity contribution >= 4 is 5.82 Å². The number of anilines is 1. The van der Waals surface area contributed by atoms with E-state index < -0.39 is 0 Å². The zero-order valence-electron chi connectivity index (χ0n) is 11.3. The van der Waals surface area contributed by atoms with Crippen LogP contribution in [-0.2, 0) is 6.42 Å². The molecule has 0 fully saturated rings. The first-order chi connectivity index (χ1) is 9.31. The first kappa shape index (κ1) is 13.3. The SMILES string of the molecule is CCOc1ncnc(NCCc2ccccn2)c1C. The molecule has 2 rings (SSSR count). The van der Waals surface area contributed by atoms with Gasteiger partial charge >= 0.3 is 0 Å². The Bertz CT molecular complexity index is 516. The zero-order valence-corrected chi connectivity index (χ0v) is 11.3. The van der Waals surface area contributed by atoms with Gasteiger partial charge in [0.1, 0.15) is 12.1 Å². The van der Waals surface area contributed by atoms with Gasteiger partial charge in [0.25, 0.3) is 0 Å². The van der Waals surface area contributed by atoms with Crippen molar-refractivity contribution < 1.29 is 4.74 Å². The van der Waals surface area contributed by atoms with E-state index in [9.17, 15) is 0 Å². The number of rotatable bonds is 6. The second kappa shape index (κ2) is 6.68. The average Bonchev–Trinajstić information content (AvgIpc) is 2.44. The highest BCUT2D eigenvalue weighted by atomic mass is 16.5. The molecule has 5 nitrogen and oxygen atoms in total. The van der Waals surface area contributed by atoms with Crippen molar-refractivity contribution in [3.8, 4) is 5.88 Å². The van der Waals surface area contributed by atoms with Gasteiger partial charge in [0.15, 0.2) is 0 Å². The van der Waals surface area contributed by atoms with E-state index >= 15 is 0 Å². The van der Waals surface area contributed by atoms with Crippen LogP contribution in [0.15, 0.2) is 30.7 Å². The van der Waals surface area contributed by atoms with E-state index in [1.165, 1.54) is 6.33 Å². The minimum Gasteiger partial charge on any atom is -0.478 e. The van der Waals surface area contributed by atoms with Crippen molar-refractivity contribution in [2.24, 2.45) is 0 Å². The lowest BCUT2D eigenvalue weighted by Gasteiger charge is -2.11. The lowest BCUT2D eigenvalue weighted by molar-refractivity contribution is 0.324. The molecule has 0 amide bonds. The quantitative estimate of drug-likeness (QED) is 0.861. The third-order valence-electron chi connectivity index (χ3n) is 2.72. The standard InChI is InChI=1S/C14H18N4O/c1-3-19-14-11(2)13(17-10-18-14)16-9-7-12-6-4-5-8-15-12/h4-6,8,10H,3,7,9H2,1-2H3,(H,16,17,18). The van der Waals surface area contributed by atoms with Gasteiger partial charge in [0.05, 0.1) is 12.2 Å². The summed E-state index contributed by atoms with van der Waals surface area (Å²) in [5.41, 5.74) is 2.00. The molecule has 2 aromatic heterocycles. The fraction of sp³-hybridized carbons (Fsp3) is 0.357. The highest BCUT2D eigenvalue weighted by Gasteiger charge is 2.07. The minimum atomic E-state index is 0.602. The van der Waals surface area contributed by atoms with Crippen LogP contribution < -0.4 is 10.1 Å². The highest BCUT2D eigenvalue weighted by Crippen LogP contribution is 2.19. The van der Waals surface area contributed by atoms with Crippen LogP contribution in [0.1, 0.15) is 18.2 Å². The zero-order chi connectivity index (χ0) is 13.5. The number of nitrogens with one attached hydrogen (secondary N) is 1. The number of aromatic nitrogens is 3. The summed E-state index contributed by atoms with van der Waals surface area (Å²) in [6.07, 6.45) is 4.17. The predicted octanol–water partition coefficient (Wildman–Crippen LogP) is 2.23. The van der Waals surface area contributed by atoms with Crippen molar-refractivity contribution in [3.05, 3.63) is 42.0 Å². The van der Waals surface area contributed by atoms with Gasteiger partial charge in [0.2, 0.25) is 5.88 Å². The van der Waals surface area contributed by atoms with Crippen LogP contribution in [0.3, 0.4) is 0 Å². The molecule has 0 saturated carbocycles. The molecular formula is C14H18N4O. The van der Waals surface area contributed by atoms with Gasteiger partial charge < -0.3 is 10.1 Å². The molecule has 0 bridgehead atoms. The van der Waals surface area contributed by atoms with Crippen LogP contribution in [0, 0.1) is 6.92 Å². The maximum absolute atomic E-state index is 5.44. The molecule has 0 aromatic carbocycles. The fourth-order valence-corrected chi connectivity index (χ4v) is 1.75. The summed E-state index contributed by atoms with van der Waals surface area (Å²) >= 11 is 0. The Hall–Kier alpha value is -2.17. The third kappa shape index (κ3) is 3.64. The van der Waals surface area contributed by atoms with Crippen LogP contribution >= 0.6 is 0 Å². The van der Waals surface area contributed by atoms with E-state index in [1.807, 2.05) is 32.0 Å². The maximum atomic E-state index is 5.44. The summed E-state index contributed by atoms with van der Waals surface area (Å²) in [6.45, 7) is 5.27.